The van der Waals surface area contributed by atoms with Gasteiger partial charge in [0.1, 0.15) is 0 Å². The predicted octanol–water partition coefficient (Wildman–Crippen LogP) is 4.15. The third-order valence-electron chi connectivity index (χ3n) is 5.29. The number of unbranched alkanes of at least 4 members (excludes halogenated alkanes) is 1. The molecule has 0 amide bonds. The Labute approximate surface area is 163 Å². The average Bonchev–Trinajstić information content (AvgIpc) is 2.70. The van der Waals surface area contributed by atoms with E-state index < -0.39 is 0 Å². The quantitative estimate of drug-likeness (QED) is 0.420. The number of guanidine groups is 1. The molecule has 3 N–H and O–H groups in total. The van der Waals surface area contributed by atoms with Crippen LogP contribution in [0.5, 0.6) is 0 Å². The van der Waals surface area contributed by atoms with Crippen molar-refractivity contribution in [1.29, 1.82) is 0 Å². The molecule has 1 aliphatic rings. The SMILES string of the molecule is NC(=NCCCCN1CCC(Cc2ccccc2)CC1)Nc1ccccc1. The lowest BCUT2D eigenvalue weighted by molar-refractivity contribution is 0.181. The van der Waals surface area contributed by atoms with Gasteiger partial charge in [-0.15, -0.1) is 0 Å². The normalized spacial score (nSPS) is 16.4. The van der Waals surface area contributed by atoms with E-state index in [4.69, 9.17) is 5.73 Å². The second-order valence-corrected chi connectivity index (χ2v) is 7.44. The number of nitrogens with one attached hydrogen (secondary N) is 1. The molecule has 144 valence electrons. The van der Waals surface area contributed by atoms with E-state index in [-0.39, 0.29) is 0 Å². The number of benzene rings is 2. The van der Waals surface area contributed by atoms with E-state index in [2.05, 4.69) is 45.5 Å². The number of aliphatic imine (C=N–C) groups is 1. The molecular formula is C23H32N4. The van der Waals surface area contributed by atoms with Crippen molar-refractivity contribution in [3.05, 3.63) is 66.2 Å². The van der Waals surface area contributed by atoms with E-state index in [1.807, 2.05) is 30.3 Å². The van der Waals surface area contributed by atoms with Gasteiger partial charge in [0.05, 0.1) is 0 Å². The number of hydrogen-bond donors (Lipinski definition) is 2. The first-order valence-corrected chi connectivity index (χ1v) is 10.2. The van der Waals surface area contributed by atoms with Gasteiger partial charge in [-0.25, -0.2) is 0 Å². The second kappa shape index (κ2) is 10.7. The zero-order valence-corrected chi connectivity index (χ0v) is 16.2. The van der Waals surface area contributed by atoms with Crippen LogP contribution in [-0.2, 0) is 6.42 Å². The largest absolute Gasteiger partial charge is 0.370 e. The van der Waals surface area contributed by atoms with Crippen LogP contribution in [0.1, 0.15) is 31.2 Å². The highest BCUT2D eigenvalue weighted by atomic mass is 15.1. The van der Waals surface area contributed by atoms with Gasteiger partial charge in [0, 0.05) is 12.2 Å². The molecule has 0 spiro atoms. The van der Waals surface area contributed by atoms with Gasteiger partial charge in [0.15, 0.2) is 5.96 Å². The Kier molecular flexibility index (Phi) is 7.72. The number of anilines is 1. The van der Waals surface area contributed by atoms with Crippen LogP contribution < -0.4 is 11.1 Å². The standard InChI is InChI=1S/C23H32N4/c24-23(26-22-11-5-2-6-12-22)25-15-7-8-16-27-17-13-21(14-18-27)19-20-9-3-1-4-10-20/h1-6,9-12,21H,7-8,13-19H2,(H3,24,25,26). The first-order chi connectivity index (χ1) is 13.3. The fraction of sp³-hybridized carbons (Fsp3) is 0.435. The maximum Gasteiger partial charge on any atom is 0.193 e. The summed E-state index contributed by atoms with van der Waals surface area (Å²) in [6.07, 6.45) is 6.14. The van der Waals surface area contributed by atoms with Gasteiger partial charge in [-0.2, -0.15) is 0 Å². The molecule has 0 radical (unpaired) electrons. The molecule has 4 heteroatoms. The van der Waals surface area contributed by atoms with Crippen LogP contribution >= 0.6 is 0 Å². The van der Waals surface area contributed by atoms with Crippen molar-refractivity contribution in [3.63, 3.8) is 0 Å². The average molecular weight is 365 g/mol. The minimum atomic E-state index is 0.503. The summed E-state index contributed by atoms with van der Waals surface area (Å²) in [7, 11) is 0. The molecule has 3 rings (SSSR count). The van der Waals surface area contributed by atoms with Crippen LogP contribution in [0.25, 0.3) is 0 Å². The predicted molar refractivity (Wildman–Crippen MR) is 115 cm³/mol. The molecule has 0 saturated carbocycles. The van der Waals surface area contributed by atoms with E-state index in [0.29, 0.717) is 5.96 Å². The number of nitrogens with two attached hydrogens (primary N) is 1. The molecule has 1 aliphatic heterocycles. The monoisotopic (exact) mass is 364 g/mol. The molecule has 0 aromatic heterocycles. The molecule has 1 heterocycles. The molecule has 4 nitrogen and oxygen atoms in total. The zero-order valence-electron chi connectivity index (χ0n) is 16.2. The topological polar surface area (TPSA) is 53.6 Å². The lowest BCUT2D eigenvalue weighted by atomic mass is 9.90. The second-order valence-electron chi connectivity index (χ2n) is 7.44. The Morgan fingerprint density at radius 1 is 0.963 bits per heavy atom. The summed E-state index contributed by atoms with van der Waals surface area (Å²) < 4.78 is 0. The molecule has 2 aromatic carbocycles. The Balaban J connectivity index is 1.26. The highest BCUT2D eigenvalue weighted by Gasteiger charge is 2.18. The fourth-order valence-corrected chi connectivity index (χ4v) is 3.72. The Hall–Kier alpha value is -2.33. The zero-order chi connectivity index (χ0) is 18.7. The number of para-hydroxylation sites is 1. The fourth-order valence-electron chi connectivity index (χ4n) is 3.72. The van der Waals surface area contributed by atoms with Crippen molar-refractivity contribution in [1.82, 2.24) is 4.90 Å². The van der Waals surface area contributed by atoms with E-state index >= 15 is 0 Å². The van der Waals surface area contributed by atoms with E-state index in [1.54, 1.807) is 0 Å². The maximum absolute atomic E-state index is 5.94. The van der Waals surface area contributed by atoms with E-state index in [9.17, 15) is 0 Å². The number of rotatable bonds is 8. The molecular weight excluding hydrogens is 332 g/mol. The van der Waals surface area contributed by atoms with Crippen molar-refractivity contribution >= 4 is 11.6 Å². The van der Waals surface area contributed by atoms with Crippen LogP contribution in [0, 0.1) is 5.92 Å². The van der Waals surface area contributed by atoms with E-state index in [0.717, 1.165) is 24.6 Å². The van der Waals surface area contributed by atoms with Crippen LogP contribution in [0.4, 0.5) is 5.69 Å². The smallest absolute Gasteiger partial charge is 0.193 e. The number of piperidine rings is 1. The maximum atomic E-state index is 5.94. The lowest BCUT2D eigenvalue weighted by Gasteiger charge is -2.32. The summed E-state index contributed by atoms with van der Waals surface area (Å²) in [5.74, 6) is 1.35. The van der Waals surface area contributed by atoms with Crippen LogP contribution in [0.15, 0.2) is 65.7 Å². The first kappa shape index (κ1) is 19.4. The number of likely N-dealkylation sites (tertiary alicyclic amines) is 1. The summed E-state index contributed by atoms with van der Waals surface area (Å²) in [5, 5.41) is 3.12. The third kappa shape index (κ3) is 7.06. The molecule has 0 aliphatic carbocycles. The van der Waals surface area contributed by atoms with Gasteiger partial charge in [0.2, 0.25) is 0 Å². The molecule has 2 aromatic rings. The Bertz CT molecular complexity index is 676. The molecule has 1 fully saturated rings. The molecule has 0 atom stereocenters. The minimum Gasteiger partial charge on any atom is -0.370 e. The highest BCUT2D eigenvalue weighted by molar-refractivity contribution is 5.92. The lowest BCUT2D eigenvalue weighted by Crippen LogP contribution is -2.35. The highest BCUT2D eigenvalue weighted by Crippen LogP contribution is 2.21. The first-order valence-electron chi connectivity index (χ1n) is 10.2. The van der Waals surface area contributed by atoms with Crippen LogP contribution in [-0.4, -0.2) is 37.0 Å². The van der Waals surface area contributed by atoms with Gasteiger partial charge in [-0.1, -0.05) is 48.5 Å². The Morgan fingerprint density at radius 3 is 2.33 bits per heavy atom. The summed E-state index contributed by atoms with van der Waals surface area (Å²) in [5.41, 5.74) is 8.40. The minimum absolute atomic E-state index is 0.503. The molecule has 27 heavy (non-hydrogen) atoms. The Morgan fingerprint density at radius 2 is 1.63 bits per heavy atom. The molecule has 0 bridgehead atoms. The van der Waals surface area contributed by atoms with Crippen LogP contribution in [0.2, 0.25) is 0 Å². The van der Waals surface area contributed by atoms with Gasteiger partial charge in [-0.3, -0.25) is 4.99 Å². The van der Waals surface area contributed by atoms with Gasteiger partial charge in [0.25, 0.3) is 0 Å². The molecule has 0 unspecified atom stereocenters. The van der Waals surface area contributed by atoms with E-state index in [1.165, 1.54) is 50.9 Å². The summed E-state index contributed by atoms with van der Waals surface area (Å²) in [6.45, 7) is 4.44. The summed E-state index contributed by atoms with van der Waals surface area (Å²) in [6, 6.07) is 20.8. The van der Waals surface area contributed by atoms with Crippen molar-refractivity contribution < 1.29 is 0 Å². The number of nitrogens with zero attached hydrogens (tertiary/aromatic N) is 2. The van der Waals surface area contributed by atoms with Gasteiger partial charge < -0.3 is 16.0 Å². The van der Waals surface area contributed by atoms with Crippen molar-refractivity contribution in [3.8, 4) is 0 Å². The van der Waals surface area contributed by atoms with Crippen molar-refractivity contribution in [2.45, 2.75) is 32.1 Å². The molecule has 1 saturated heterocycles. The summed E-state index contributed by atoms with van der Waals surface area (Å²) >= 11 is 0. The van der Waals surface area contributed by atoms with Crippen LogP contribution in [0.3, 0.4) is 0 Å². The van der Waals surface area contributed by atoms with Crippen molar-refractivity contribution in [2.24, 2.45) is 16.6 Å². The third-order valence-corrected chi connectivity index (χ3v) is 5.29. The summed E-state index contributed by atoms with van der Waals surface area (Å²) in [4.78, 5) is 7.03. The van der Waals surface area contributed by atoms with Gasteiger partial charge >= 0.3 is 0 Å². The van der Waals surface area contributed by atoms with Crippen molar-refractivity contribution in [2.75, 3.05) is 31.5 Å². The van der Waals surface area contributed by atoms with Gasteiger partial charge in [-0.05, 0) is 75.4 Å². The number of hydrogen-bond acceptors (Lipinski definition) is 2.